The summed E-state index contributed by atoms with van der Waals surface area (Å²) in [6.45, 7) is 0.0626. The number of hydrogen-bond donors (Lipinski definition) is 1. The predicted octanol–water partition coefficient (Wildman–Crippen LogP) is 3.10. The lowest BCUT2D eigenvalue weighted by Crippen LogP contribution is -2.40. The summed E-state index contributed by atoms with van der Waals surface area (Å²) in [5.41, 5.74) is 1.78. The fraction of sp³-hybridized carbons (Fsp3) is 0.227. The number of hydrogen-bond acceptors (Lipinski definition) is 6. The first kappa shape index (κ1) is 21.4. The van der Waals surface area contributed by atoms with Crippen LogP contribution in [0, 0.1) is 0 Å². The fourth-order valence-corrected chi connectivity index (χ4v) is 3.76. The van der Waals surface area contributed by atoms with Gasteiger partial charge in [-0.3, -0.25) is 19.3 Å². The van der Waals surface area contributed by atoms with Crippen LogP contribution in [0.25, 0.3) is 6.08 Å². The molecule has 2 aromatic carbocycles. The number of thioether (sulfide) groups is 1. The lowest BCUT2D eigenvalue weighted by Gasteiger charge is -2.13. The molecule has 1 fully saturated rings. The smallest absolute Gasteiger partial charge is 0.294 e. The summed E-state index contributed by atoms with van der Waals surface area (Å²) in [7, 11) is 3.13. The van der Waals surface area contributed by atoms with E-state index in [4.69, 9.17) is 9.47 Å². The zero-order valence-corrected chi connectivity index (χ0v) is 17.5. The third-order valence-corrected chi connectivity index (χ3v) is 5.36. The van der Waals surface area contributed by atoms with Crippen molar-refractivity contribution in [2.24, 2.45) is 0 Å². The van der Waals surface area contributed by atoms with E-state index in [2.05, 4.69) is 5.32 Å². The van der Waals surface area contributed by atoms with Crippen LogP contribution in [0.5, 0.6) is 11.5 Å². The summed E-state index contributed by atoms with van der Waals surface area (Å²) in [5, 5.41) is 2.30. The Hall–Kier alpha value is -3.26. The highest BCUT2D eigenvalue weighted by molar-refractivity contribution is 8.18. The lowest BCUT2D eigenvalue weighted by molar-refractivity contribution is -0.129. The number of carbonyl (C=O) groups excluding carboxylic acids is 3. The predicted molar refractivity (Wildman–Crippen MR) is 115 cm³/mol. The minimum Gasteiger partial charge on any atom is -0.493 e. The highest BCUT2D eigenvalue weighted by atomic mass is 32.2. The Morgan fingerprint density at radius 3 is 2.50 bits per heavy atom. The van der Waals surface area contributed by atoms with Crippen molar-refractivity contribution in [2.45, 2.75) is 6.42 Å². The van der Waals surface area contributed by atoms with Crippen molar-refractivity contribution >= 4 is 34.9 Å². The van der Waals surface area contributed by atoms with Crippen molar-refractivity contribution in [3.05, 3.63) is 64.6 Å². The first-order valence-corrected chi connectivity index (χ1v) is 10.1. The summed E-state index contributed by atoms with van der Waals surface area (Å²) in [6.07, 6.45) is 2.22. The van der Waals surface area contributed by atoms with Gasteiger partial charge in [-0.2, -0.15) is 0 Å². The number of amides is 3. The van der Waals surface area contributed by atoms with Gasteiger partial charge < -0.3 is 14.8 Å². The van der Waals surface area contributed by atoms with E-state index < -0.39 is 17.1 Å². The molecule has 1 heterocycles. The highest BCUT2D eigenvalue weighted by Crippen LogP contribution is 2.32. The van der Waals surface area contributed by atoms with Gasteiger partial charge in [0.25, 0.3) is 11.1 Å². The molecule has 3 amide bonds. The second-order valence-electron chi connectivity index (χ2n) is 6.47. The molecule has 0 spiro atoms. The van der Waals surface area contributed by atoms with Crippen molar-refractivity contribution in [3.63, 3.8) is 0 Å². The van der Waals surface area contributed by atoms with Crippen molar-refractivity contribution in [2.75, 3.05) is 27.3 Å². The molecule has 0 bridgehead atoms. The summed E-state index contributed by atoms with van der Waals surface area (Å²) in [4.78, 5) is 38.2. The van der Waals surface area contributed by atoms with Gasteiger partial charge in [0.2, 0.25) is 5.91 Å². The summed E-state index contributed by atoms with van der Waals surface area (Å²) >= 11 is 0.840. The van der Waals surface area contributed by atoms with Crippen LogP contribution in [0.2, 0.25) is 0 Å². The van der Waals surface area contributed by atoms with Crippen molar-refractivity contribution < 1.29 is 23.9 Å². The van der Waals surface area contributed by atoms with E-state index >= 15 is 0 Å². The first-order valence-electron chi connectivity index (χ1n) is 9.30. The Balaban J connectivity index is 1.53. The Morgan fingerprint density at radius 2 is 1.80 bits per heavy atom. The molecule has 0 radical (unpaired) electrons. The van der Waals surface area contributed by atoms with Gasteiger partial charge in [-0.05, 0) is 47.5 Å². The van der Waals surface area contributed by atoms with E-state index in [1.165, 1.54) is 0 Å². The van der Waals surface area contributed by atoms with Crippen LogP contribution in [-0.4, -0.2) is 49.3 Å². The number of carbonyl (C=O) groups is 3. The Morgan fingerprint density at radius 1 is 1.07 bits per heavy atom. The molecular formula is C22H22N2O5S. The maximum Gasteiger partial charge on any atom is 0.294 e. The van der Waals surface area contributed by atoms with Crippen LogP contribution < -0.4 is 14.8 Å². The van der Waals surface area contributed by atoms with E-state index in [0.717, 1.165) is 27.8 Å². The molecule has 156 valence electrons. The van der Waals surface area contributed by atoms with E-state index in [1.807, 2.05) is 42.5 Å². The Labute approximate surface area is 179 Å². The van der Waals surface area contributed by atoms with Crippen LogP contribution >= 0.6 is 11.8 Å². The summed E-state index contributed by atoms with van der Waals surface area (Å²) in [5.74, 6) is 0.403. The molecule has 0 aromatic heterocycles. The molecular weight excluding hydrogens is 404 g/mol. The number of benzene rings is 2. The number of imide groups is 1. The SMILES string of the molecule is COc1ccc(CCNC(=O)CN2C(=O)SC(=Cc3ccccc3)C2=O)cc1OC. The van der Waals surface area contributed by atoms with Crippen LogP contribution in [0.4, 0.5) is 4.79 Å². The normalized spacial score (nSPS) is 14.9. The number of methoxy groups -OCH3 is 2. The highest BCUT2D eigenvalue weighted by Gasteiger charge is 2.36. The molecule has 1 N–H and O–H groups in total. The van der Waals surface area contributed by atoms with Crippen LogP contribution in [-0.2, 0) is 16.0 Å². The molecule has 30 heavy (non-hydrogen) atoms. The van der Waals surface area contributed by atoms with Crippen LogP contribution in [0.15, 0.2) is 53.4 Å². The topological polar surface area (TPSA) is 84.9 Å². The Kier molecular flexibility index (Phi) is 7.13. The lowest BCUT2D eigenvalue weighted by atomic mass is 10.1. The quantitative estimate of drug-likeness (QED) is 0.653. The summed E-state index contributed by atoms with van der Waals surface area (Å²) < 4.78 is 10.5. The van der Waals surface area contributed by atoms with Crippen molar-refractivity contribution in [3.8, 4) is 11.5 Å². The van der Waals surface area contributed by atoms with Gasteiger partial charge in [0.15, 0.2) is 11.5 Å². The average Bonchev–Trinajstić information content (AvgIpc) is 3.01. The molecule has 1 aliphatic rings. The summed E-state index contributed by atoms with van der Waals surface area (Å²) in [6, 6.07) is 14.8. The third kappa shape index (κ3) is 5.21. The van der Waals surface area contributed by atoms with Gasteiger partial charge in [-0.25, -0.2) is 0 Å². The van der Waals surface area contributed by atoms with E-state index in [9.17, 15) is 14.4 Å². The number of nitrogens with one attached hydrogen (secondary N) is 1. The minimum atomic E-state index is -0.455. The second-order valence-corrected chi connectivity index (χ2v) is 7.46. The number of nitrogens with zero attached hydrogens (tertiary/aromatic N) is 1. The van der Waals surface area contributed by atoms with Gasteiger partial charge >= 0.3 is 0 Å². The van der Waals surface area contributed by atoms with Gasteiger partial charge in [-0.15, -0.1) is 0 Å². The van der Waals surface area contributed by atoms with E-state index in [1.54, 1.807) is 26.4 Å². The molecule has 2 aromatic rings. The molecule has 1 saturated heterocycles. The largest absolute Gasteiger partial charge is 0.493 e. The molecule has 0 aliphatic carbocycles. The first-order chi connectivity index (χ1) is 14.5. The number of rotatable bonds is 8. The average molecular weight is 426 g/mol. The van der Waals surface area contributed by atoms with Crippen LogP contribution in [0.1, 0.15) is 11.1 Å². The van der Waals surface area contributed by atoms with E-state index in [-0.39, 0.29) is 6.54 Å². The zero-order valence-electron chi connectivity index (χ0n) is 16.7. The van der Waals surface area contributed by atoms with Crippen LogP contribution in [0.3, 0.4) is 0 Å². The zero-order chi connectivity index (χ0) is 21.5. The monoisotopic (exact) mass is 426 g/mol. The molecule has 0 saturated carbocycles. The van der Waals surface area contributed by atoms with Gasteiger partial charge in [0.05, 0.1) is 19.1 Å². The second kappa shape index (κ2) is 9.98. The third-order valence-electron chi connectivity index (χ3n) is 4.46. The van der Waals surface area contributed by atoms with Gasteiger partial charge in [0.1, 0.15) is 6.54 Å². The van der Waals surface area contributed by atoms with Gasteiger partial charge in [-0.1, -0.05) is 36.4 Å². The Bertz CT molecular complexity index is 975. The van der Waals surface area contributed by atoms with Crippen molar-refractivity contribution in [1.29, 1.82) is 0 Å². The maximum atomic E-state index is 12.5. The molecule has 1 aliphatic heterocycles. The fourth-order valence-electron chi connectivity index (χ4n) is 2.92. The number of ether oxygens (including phenoxy) is 2. The standard InChI is InChI=1S/C22H22N2O5S/c1-28-17-9-8-16(12-18(17)29-2)10-11-23-20(25)14-24-21(26)19(30-22(24)27)13-15-6-4-3-5-7-15/h3-9,12-13H,10-11,14H2,1-2H3,(H,23,25). The minimum absolute atomic E-state index is 0.303. The maximum absolute atomic E-state index is 12.5. The van der Waals surface area contributed by atoms with Gasteiger partial charge in [0, 0.05) is 6.54 Å². The molecule has 8 heteroatoms. The van der Waals surface area contributed by atoms with E-state index in [0.29, 0.717) is 29.4 Å². The van der Waals surface area contributed by atoms with Crippen molar-refractivity contribution in [1.82, 2.24) is 10.2 Å². The molecule has 0 atom stereocenters. The molecule has 7 nitrogen and oxygen atoms in total. The molecule has 0 unspecified atom stereocenters. The molecule has 3 rings (SSSR count).